The van der Waals surface area contributed by atoms with Crippen LogP contribution in [0, 0.1) is 29.6 Å². The van der Waals surface area contributed by atoms with Crippen LogP contribution < -0.4 is 0 Å². The van der Waals surface area contributed by atoms with E-state index in [0.717, 1.165) is 19.3 Å². The predicted octanol–water partition coefficient (Wildman–Crippen LogP) is 3.98. The maximum Gasteiger partial charge on any atom is 0.136 e. The van der Waals surface area contributed by atoms with Gasteiger partial charge in [0.1, 0.15) is 5.78 Å². The van der Waals surface area contributed by atoms with Crippen molar-refractivity contribution >= 4 is 5.78 Å². The monoisotopic (exact) mass is 278 g/mol. The number of carbonyl (C=O) groups is 1. The molecule has 2 nitrogen and oxygen atoms in total. The highest BCUT2D eigenvalue weighted by Crippen LogP contribution is 2.47. The number of allylic oxidation sites excluding steroid dienone is 1. The fourth-order valence-electron chi connectivity index (χ4n) is 3.98. The van der Waals surface area contributed by atoms with E-state index in [9.17, 15) is 9.90 Å². The minimum absolute atomic E-state index is 0.162. The molecular weight excluding hydrogens is 248 g/mol. The Morgan fingerprint density at radius 2 is 1.90 bits per heavy atom. The topological polar surface area (TPSA) is 37.3 Å². The van der Waals surface area contributed by atoms with Crippen LogP contribution >= 0.6 is 0 Å². The largest absolute Gasteiger partial charge is 0.390 e. The minimum atomic E-state index is -0.658. The fourth-order valence-corrected chi connectivity index (χ4v) is 3.98. The average molecular weight is 278 g/mol. The van der Waals surface area contributed by atoms with E-state index in [4.69, 9.17) is 0 Å². The van der Waals surface area contributed by atoms with Crippen molar-refractivity contribution in [2.75, 3.05) is 0 Å². The van der Waals surface area contributed by atoms with Crippen LogP contribution in [0.15, 0.2) is 12.2 Å². The van der Waals surface area contributed by atoms with Gasteiger partial charge in [-0.25, -0.2) is 0 Å². The molecule has 0 radical (unpaired) electrons. The summed E-state index contributed by atoms with van der Waals surface area (Å²) in [6.07, 6.45) is 9.87. The van der Waals surface area contributed by atoms with Crippen molar-refractivity contribution < 1.29 is 9.90 Å². The molecule has 20 heavy (non-hydrogen) atoms. The molecule has 0 aromatic carbocycles. The minimum Gasteiger partial charge on any atom is -0.390 e. The molecular formula is C18H30O2. The summed E-state index contributed by atoms with van der Waals surface area (Å²) in [5.41, 5.74) is -0.658. The molecule has 1 unspecified atom stereocenters. The van der Waals surface area contributed by atoms with E-state index in [2.05, 4.69) is 26.0 Å². The van der Waals surface area contributed by atoms with Crippen LogP contribution in [0.2, 0.25) is 0 Å². The fraction of sp³-hybridized carbons (Fsp3) is 0.833. The van der Waals surface area contributed by atoms with E-state index in [1.54, 1.807) is 0 Å². The van der Waals surface area contributed by atoms with Crippen LogP contribution in [-0.2, 0) is 4.79 Å². The average Bonchev–Trinajstić information content (AvgIpc) is 2.79. The first kappa shape index (κ1) is 15.8. The van der Waals surface area contributed by atoms with Gasteiger partial charge >= 0.3 is 0 Å². The molecule has 2 fully saturated rings. The Labute approximate surface area is 123 Å². The van der Waals surface area contributed by atoms with Crippen molar-refractivity contribution in [1.29, 1.82) is 0 Å². The second-order valence-corrected chi connectivity index (χ2v) is 7.56. The van der Waals surface area contributed by atoms with Crippen molar-refractivity contribution in [3.63, 3.8) is 0 Å². The summed E-state index contributed by atoms with van der Waals surface area (Å²) in [4.78, 5) is 12.0. The molecule has 2 heteroatoms. The smallest absolute Gasteiger partial charge is 0.136 e. The summed E-state index contributed by atoms with van der Waals surface area (Å²) in [7, 11) is 0. The van der Waals surface area contributed by atoms with Gasteiger partial charge in [0.15, 0.2) is 0 Å². The molecule has 2 rings (SSSR count). The molecule has 0 bridgehead atoms. The second-order valence-electron chi connectivity index (χ2n) is 7.56. The van der Waals surface area contributed by atoms with Gasteiger partial charge in [0.2, 0.25) is 0 Å². The highest BCUT2D eigenvalue weighted by Gasteiger charge is 2.43. The zero-order valence-electron chi connectivity index (χ0n) is 13.4. The lowest BCUT2D eigenvalue weighted by atomic mass is 9.73. The SMILES string of the molecule is C[C@H](C=C[C@H](C)C(C)(C)O)C1CC[C@H]2C(=O)CCC[C@H]12. The lowest BCUT2D eigenvalue weighted by molar-refractivity contribution is -0.126. The molecule has 0 heterocycles. The molecule has 2 aliphatic carbocycles. The molecule has 0 spiro atoms. The Morgan fingerprint density at radius 1 is 1.20 bits per heavy atom. The Balaban J connectivity index is 1.98. The standard InChI is InChI=1S/C18H30O2/c1-12(8-9-13(2)18(3,4)20)14-10-11-16-15(14)6-5-7-17(16)19/h8-9,12-16,20H,5-7,10-11H2,1-4H3/t12-,13+,14?,15-,16-/m1/s1. The third kappa shape index (κ3) is 3.33. The summed E-state index contributed by atoms with van der Waals surface area (Å²) >= 11 is 0. The molecule has 114 valence electrons. The lowest BCUT2D eigenvalue weighted by Gasteiger charge is -2.31. The van der Waals surface area contributed by atoms with Gasteiger partial charge in [0, 0.05) is 18.3 Å². The van der Waals surface area contributed by atoms with E-state index in [1.165, 1.54) is 12.8 Å². The highest BCUT2D eigenvalue weighted by atomic mass is 16.3. The van der Waals surface area contributed by atoms with Crippen LogP contribution in [0.3, 0.4) is 0 Å². The first-order valence-corrected chi connectivity index (χ1v) is 8.24. The van der Waals surface area contributed by atoms with Gasteiger partial charge < -0.3 is 5.11 Å². The number of Topliss-reactive ketones (excluding diaryl/α,β-unsaturated/α-hetero) is 1. The van der Waals surface area contributed by atoms with Crippen LogP contribution in [-0.4, -0.2) is 16.5 Å². The molecule has 0 aromatic heterocycles. The quantitative estimate of drug-likeness (QED) is 0.790. The van der Waals surface area contributed by atoms with Gasteiger partial charge in [-0.05, 0) is 57.3 Å². The van der Waals surface area contributed by atoms with Gasteiger partial charge in [0.05, 0.1) is 5.60 Å². The summed E-state index contributed by atoms with van der Waals surface area (Å²) in [6.45, 7) is 8.06. The summed E-state index contributed by atoms with van der Waals surface area (Å²) in [6, 6.07) is 0. The molecule has 2 saturated carbocycles. The number of rotatable bonds is 4. The predicted molar refractivity (Wildman–Crippen MR) is 82.3 cm³/mol. The van der Waals surface area contributed by atoms with Crippen LogP contribution in [0.25, 0.3) is 0 Å². The maximum absolute atomic E-state index is 12.0. The van der Waals surface area contributed by atoms with Gasteiger partial charge in [-0.1, -0.05) is 26.0 Å². The molecule has 2 aliphatic rings. The van der Waals surface area contributed by atoms with Crippen LogP contribution in [0.1, 0.15) is 59.8 Å². The van der Waals surface area contributed by atoms with Gasteiger partial charge in [-0.15, -0.1) is 0 Å². The molecule has 1 N–H and O–H groups in total. The molecule has 0 aromatic rings. The van der Waals surface area contributed by atoms with E-state index in [0.29, 0.717) is 29.5 Å². The lowest BCUT2D eigenvalue weighted by Crippen LogP contribution is -2.29. The zero-order chi connectivity index (χ0) is 14.9. The number of hydrogen-bond acceptors (Lipinski definition) is 2. The molecule has 0 saturated heterocycles. The number of aliphatic hydroxyl groups is 1. The third-order valence-electron chi connectivity index (χ3n) is 5.74. The summed E-state index contributed by atoms with van der Waals surface area (Å²) < 4.78 is 0. The maximum atomic E-state index is 12.0. The Kier molecular flexibility index (Phi) is 4.73. The van der Waals surface area contributed by atoms with Crippen molar-refractivity contribution in [3.05, 3.63) is 12.2 Å². The molecule has 0 amide bonds. The number of ketones is 1. The molecule has 0 aliphatic heterocycles. The normalized spacial score (nSPS) is 34.2. The second kappa shape index (κ2) is 6.01. The zero-order valence-corrected chi connectivity index (χ0v) is 13.4. The first-order valence-electron chi connectivity index (χ1n) is 8.24. The summed E-state index contributed by atoms with van der Waals surface area (Å²) in [5, 5.41) is 9.99. The van der Waals surface area contributed by atoms with Gasteiger partial charge in [-0.2, -0.15) is 0 Å². The Hall–Kier alpha value is -0.630. The van der Waals surface area contributed by atoms with Gasteiger partial charge in [0.25, 0.3) is 0 Å². The Morgan fingerprint density at radius 3 is 2.55 bits per heavy atom. The van der Waals surface area contributed by atoms with Crippen molar-refractivity contribution in [2.24, 2.45) is 29.6 Å². The number of fused-ring (bicyclic) bond motifs is 1. The van der Waals surface area contributed by atoms with E-state index in [-0.39, 0.29) is 5.92 Å². The Bertz CT molecular complexity index is 377. The number of hydrogen-bond donors (Lipinski definition) is 1. The highest BCUT2D eigenvalue weighted by molar-refractivity contribution is 5.82. The van der Waals surface area contributed by atoms with Crippen LogP contribution in [0.4, 0.5) is 0 Å². The van der Waals surface area contributed by atoms with E-state index >= 15 is 0 Å². The van der Waals surface area contributed by atoms with E-state index < -0.39 is 5.60 Å². The third-order valence-corrected chi connectivity index (χ3v) is 5.74. The van der Waals surface area contributed by atoms with Gasteiger partial charge in [-0.3, -0.25) is 4.79 Å². The molecule has 5 atom stereocenters. The first-order chi connectivity index (χ1) is 9.30. The van der Waals surface area contributed by atoms with E-state index in [1.807, 2.05) is 13.8 Å². The summed E-state index contributed by atoms with van der Waals surface area (Å²) in [5.74, 6) is 2.83. The van der Waals surface area contributed by atoms with Crippen molar-refractivity contribution in [2.45, 2.75) is 65.4 Å². The van der Waals surface area contributed by atoms with Crippen LogP contribution in [0.5, 0.6) is 0 Å². The number of carbonyl (C=O) groups excluding carboxylic acids is 1. The van der Waals surface area contributed by atoms with Crippen molar-refractivity contribution in [3.8, 4) is 0 Å². The van der Waals surface area contributed by atoms with Crippen molar-refractivity contribution in [1.82, 2.24) is 0 Å².